The van der Waals surface area contributed by atoms with Crippen molar-refractivity contribution in [1.82, 2.24) is 30.1 Å². The highest BCUT2D eigenvalue weighted by molar-refractivity contribution is 5.48. The number of halogens is 1. The molecule has 0 radical (unpaired) electrons. The van der Waals surface area contributed by atoms with Crippen LogP contribution >= 0.6 is 0 Å². The normalized spacial score (nSPS) is 11.2. The lowest BCUT2D eigenvalue weighted by Gasteiger charge is -2.05. The lowest BCUT2D eigenvalue weighted by atomic mass is 10.2. The molecule has 0 atom stereocenters. The fourth-order valence-corrected chi connectivity index (χ4v) is 2.43. The Bertz CT molecular complexity index is 1030. The second kappa shape index (κ2) is 5.93. The van der Waals surface area contributed by atoms with Gasteiger partial charge in [-0.05, 0) is 36.8 Å². The molecule has 0 fully saturated rings. The van der Waals surface area contributed by atoms with E-state index < -0.39 is 0 Å². The molecule has 0 spiro atoms. The van der Waals surface area contributed by atoms with Crippen LogP contribution in [0.15, 0.2) is 39.5 Å². The van der Waals surface area contributed by atoms with Crippen molar-refractivity contribution in [2.45, 2.75) is 20.3 Å². The molecule has 0 saturated heterocycles. The Kier molecular flexibility index (Phi) is 3.60. The standard InChI is InChI=1S/C16H13FN6O2/c1-9-7-11(17)3-4-13(9)23-6-5-12(20-23)16-19-15(22-25-16)8-14-18-10(2)24-21-14/h3-7H,8H2,1-2H3. The zero-order chi connectivity index (χ0) is 17.4. The molecule has 0 bridgehead atoms. The molecular weight excluding hydrogens is 327 g/mol. The largest absolute Gasteiger partial charge is 0.340 e. The van der Waals surface area contributed by atoms with E-state index in [-0.39, 0.29) is 11.7 Å². The predicted octanol–water partition coefficient (Wildman–Crippen LogP) is 2.65. The zero-order valence-corrected chi connectivity index (χ0v) is 13.5. The summed E-state index contributed by atoms with van der Waals surface area (Å²) in [5.74, 6) is 1.40. The van der Waals surface area contributed by atoms with Gasteiger partial charge in [-0.3, -0.25) is 0 Å². The van der Waals surface area contributed by atoms with Crippen molar-refractivity contribution in [2.75, 3.05) is 0 Å². The lowest BCUT2D eigenvalue weighted by Crippen LogP contribution is -1.98. The molecule has 9 heteroatoms. The van der Waals surface area contributed by atoms with Crippen LogP contribution in [0.25, 0.3) is 17.3 Å². The first-order valence-electron chi connectivity index (χ1n) is 7.53. The van der Waals surface area contributed by atoms with Gasteiger partial charge in [-0.2, -0.15) is 15.1 Å². The highest BCUT2D eigenvalue weighted by Crippen LogP contribution is 2.19. The molecule has 0 aliphatic heterocycles. The highest BCUT2D eigenvalue weighted by Gasteiger charge is 2.15. The SMILES string of the molecule is Cc1nc(Cc2noc(-c3ccn(-c4ccc(F)cc4C)n3)n2)no1. The van der Waals surface area contributed by atoms with Crippen molar-refractivity contribution in [2.24, 2.45) is 0 Å². The Labute approximate surface area is 141 Å². The molecule has 1 aromatic carbocycles. The summed E-state index contributed by atoms with van der Waals surface area (Å²) < 4.78 is 25.0. The Morgan fingerprint density at radius 2 is 1.84 bits per heavy atom. The summed E-state index contributed by atoms with van der Waals surface area (Å²) in [4.78, 5) is 8.39. The summed E-state index contributed by atoms with van der Waals surface area (Å²) in [6, 6.07) is 6.26. The lowest BCUT2D eigenvalue weighted by molar-refractivity contribution is 0.387. The third kappa shape index (κ3) is 3.03. The van der Waals surface area contributed by atoms with Gasteiger partial charge in [0, 0.05) is 13.1 Å². The number of benzene rings is 1. The van der Waals surface area contributed by atoms with Gasteiger partial charge in [-0.25, -0.2) is 9.07 Å². The Balaban J connectivity index is 1.58. The van der Waals surface area contributed by atoms with Crippen molar-refractivity contribution in [3.05, 3.63) is 59.4 Å². The van der Waals surface area contributed by atoms with E-state index in [9.17, 15) is 4.39 Å². The minimum atomic E-state index is -0.285. The fourth-order valence-electron chi connectivity index (χ4n) is 2.43. The van der Waals surface area contributed by atoms with Gasteiger partial charge >= 0.3 is 0 Å². The number of aromatic nitrogens is 6. The van der Waals surface area contributed by atoms with Crippen LogP contribution in [0.5, 0.6) is 0 Å². The predicted molar refractivity (Wildman–Crippen MR) is 83.4 cm³/mol. The van der Waals surface area contributed by atoms with E-state index in [4.69, 9.17) is 9.05 Å². The number of rotatable bonds is 4. The van der Waals surface area contributed by atoms with Crippen LogP contribution < -0.4 is 0 Å². The van der Waals surface area contributed by atoms with Gasteiger partial charge in [-0.15, -0.1) is 0 Å². The zero-order valence-electron chi connectivity index (χ0n) is 13.5. The molecule has 0 amide bonds. The molecule has 0 N–H and O–H groups in total. The Morgan fingerprint density at radius 3 is 2.60 bits per heavy atom. The maximum atomic E-state index is 13.2. The number of aryl methyl sites for hydroxylation is 2. The van der Waals surface area contributed by atoms with Gasteiger partial charge < -0.3 is 9.05 Å². The molecule has 4 rings (SSSR count). The molecule has 0 aliphatic rings. The topological polar surface area (TPSA) is 95.7 Å². The van der Waals surface area contributed by atoms with Gasteiger partial charge in [0.05, 0.1) is 12.1 Å². The van der Waals surface area contributed by atoms with Gasteiger partial charge in [0.1, 0.15) is 5.82 Å². The summed E-state index contributed by atoms with van der Waals surface area (Å²) >= 11 is 0. The van der Waals surface area contributed by atoms with Crippen LogP contribution in [-0.4, -0.2) is 30.1 Å². The Hall–Kier alpha value is -3.36. The average Bonchev–Trinajstić information content (AvgIpc) is 3.29. The van der Waals surface area contributed by atoms with Gasteiger partial charge in [-0.1, -0.05) is 10.3 Å². The van der Waals surface area contributed by atoms with Crippen molar-refractivity contribution in [3.8, 4) is 17.3 Å². The van der Waals surface area contributed by atoms with E-state index in [0.29, 0.717) is 29.7 Å². The third-order valence-corrected chi connectivity index (χ3v) is 3.57. The van der Waals surface area contributed by atoms with Crippen LogP contribution in [0.3, 0.4) is 0 Å². The summed E-state index contributed by atoms with van der Waals surface area (Å²) in [7, 11) is 0. The van der Waals surface area contributed by atoms with Crippen LogP contribution in [-0.2, 0) is 6.42 Å². The smallest absolute Gasteiger partial charge is 0.278 e. The molecule has 4 aromatic rings. The molecule has 8 nitrogen and oxygen atoms in total. The molecule has 0 unspecified atom stereocenters. The first kappa shape index (κ1) is 15.2. The minimum Gasteiger partial charge on any atom is -0.340 e. The first-order chi connectivity index (χ1) is 12.1. The molecule has 3 aromatic heterocycles. The van der Waals surface area contributed by atoms with Crippen LogP contribution in [0.2, 0.25) is 0 Å². The first-order valence-corrected chi connectivity index (χ1v) is 7.53. The van der Waals surface area contributed by atoms with E-state index in [0.717, 1.165) is 11.3 Å². The maximum Gasteiger partial charge on any atom is 0.278 e. The van der Waals surface area contributed by atoms with E-state index in [2.05, 4.69) is 25.4 Å². The van der Waals surface area contributed by atoms with Crippen molar-refractivity contribution >= 4 is 0 Å². The maximum absolute atomic E-state index is 13.2. The van der Waals surface area contributed by atoms with Crippen molar-refractivity contribution in [1.29, 1.82) is 0 Å². The van der Waals surface area contributed by atoms with Gasteiger partial charge in [0.25, 0.3) is 5.89 Å². The molecule has 0 aliphatic carbocycles. The number of hydrogen-bond acceptors (Lipinski definition) is 7. The minimum absolute atomic E-state index is 0.285. The fraction of sp³-hybridized carbons (Fsp3) is 0.188. The van der Waals surface area contributed by atoms with Crippen LogP contribution in [0.1, 0.15) is 23.1 Å². The second-order valence-corrected chi connectivity index (χ2v) is 5.50. The van der Waals surface area contributed by atoms with Crippen molar-refractivity contribution in [3.63, 3.8) is 0 Å². The quantitative estimate of drug-likeness (QED) is 0.563. The third-order valence-electron chi connectivity index (χ3n) is 3.57. The second-order valence-electron chi connectivity index (χ2n) is 5.50. The molecular formula is C16H13FN6O2. The summed E-state index contributed by atoms with van der Waals surface area (Å²) in [6.07, 6.45) is 2.06. The van der Waals surface area contributed by atoms with E-state index >= 15 is 0 Å². The van der Waals surface area contributed by atoms with E-state index in [1.807, 2.05) is 6.92 Å². The number of nitrogens with zero attached hydrogens (tertiary/aromatic N) is 6. The summed E-state index contributed by atoms with van der Waals surface area (Å²) in [5, 5.41) is 12.1. The molecule has 25 heavy (non-hydrogen) atoms. The van der Waals surface area contributed by atoms with E-state index in [1.54, 1.807) is 29.9 Å². The monoisotopic (exact) mass is 340 g/mol. The average molecular weight is 340 g/mol. The molecule has 0 saturated carbocycles. The van der Waals surface area contributed by atoms with Crippen LogP contribution in [0, 0.1) is 19.7 Å². The van der Waals surface area contributed by atoms with Gasteiger partial charge in [0.2, 0.25) is 5.89 Å². The summed E-state index contributed by atoms with van der Waals surface area (Å²) in [5.41, 5.74) is 2.06. The Morgan fingerprint density at radius 1 is 1.04 bits per heavy atom. The number of hydrogen-bond donors (Lipinski definition) is 0. The van der Waals surface area contributed by atoms with E-state index in [1.165, 1.54) is 12.1 Å². The molecule has 126 valence electrons. The van der Waals surface area contributed by atoms with Gasteiger partial charge in [0.15, 0.2) is 17.3 Å². The highest BCUT2D eigenvalue weighted by atomic mass is 19.1. The summed E-state index contributed by atoms with van der Waals surface area (Å²) in [6.45, 7) is 3.53. The van der Waals surface area contributed by atoms with Crippen LogP contribution in [0.4, 0.5) is 4.39 Å². The van der Waals surface area contributed by atoms with Crippen molar-refractivity contribution < 1.29 is 13.4 Å². The molecule has 3 heterocycles.